The lowest BCUT2D eigenvalue weighted by atomic mass is 10.2. The molecule has 0 amide bonds. The zero-order valence-electron chi connectivity index (χ0n) is 13.2. The number of ether oxygens (including phenoxy) is 2. The minimum atomic E-state index is -3.71. The van der Waals surface area contributed by atoms with E-state index in [1.807, 2.05) is 0 Å². The summed E-state index contributed by atoms with van der Waals surface area (Å²) in [4.78, 5) is 12.2. The maximum Gasteiger partial charge on any atom is 0.343 e. The molecule has 0 atom stereocenters. The SMILES string of the molecule is O=C(Oc1cccc(F)c1)c1cccc(S(=O)(=O)N2CCOCC2)c1. The molecule has 0 aromatic heterocycles. The van der Waals surface area contributed by atoms with E-state index in [4.69, 9.17) is 9.47 Å². The first kappa shape index (κ1) is 17.5. The molecule has 0 N–H and O–H groups in total. The Hall–Kier alpha value is -2.29. The van der Waals surface area contributed by atoms with Gasteiger partial charge in [-0.15, -0.1) is 0 Å². The first-order chi connectivity index (χ1) is 12.0. The van der Waals surface area contributed by atoms with E-state index in [1.54, 1.807) is 0 Å². The van der Waals surface area contributed by atoms with Crippen LogP contribution in [0, 0.1) is 5.82 Å². The van der Waals surface area contributed by atoms with Crippen LogP contribution in [-0.4, -0.2) is 45.0 Å². The average Bonchev–Trinajstić information content (AvgIpc) is 2.62. The first-order valence-electron chi connectivity index (χ1n) is 7.62. The second-order valence-electron chi connectivity index (χ2n) is 5.39. The molecule has 25 heavy (non-hydrogen) atoms. The summed E-state index contributed by atoms with van der Waals surface area (Å²) in [6, 6.07) is 10.7. The summed E-state index contributed by atoms with van der Waals surface area (Å²) in [7, 11) is -3.71. The van der Waals surface area contributed by atoms with Gasteiger partial charge in [0.15, 0.2) is 0 Å². The quantitative estimate of drug-likeness (QED) is 0.613. The highest BCUT2D eigenvalue weighted by Crippen LogP contribution is 2.20. The van der Waals surface area contributed by atoms with Gasteiger partial charge in [0.2, 0.25) is 10.0 Å². The fourth-order valence-corrected chi connectivity index (χ4v) is 3.87. The van der Waals surface area contributed by atoms with Crippen molar-refractivity contribution in [3.8, 4) is 5.75 Å². The van der Waals surface area contributed by atoms with Crippen LogP contribution in [0.15, 0.2) is 53.4 Å². The van der Waals surface area contributed by atoms with Gasteiger partial charge in [-0.3, -0.25) is 0 Å². The topological polar surface area (TPSA) is 72.9 Å². The number of hydrogen-bond donors (Lipinski definition) is 0. The third-order valence-electron chi connectivity index (χ3n) is 3.68. The number of benzene rings is 2. The van der Waals surface area contributed by atoms with Crippen LogP contribution in [0.25, 0.3) is 0 Å². The largest absolute Gasteiger partial charge is 0.423 e. The zero-order valence-corrected chi connectivity index (χ0v) is 14.0. The molecule has 1 aliphatic heterocycles. The standard InChI is InChI=1S/C17H16FNO5S/c18-14-4-2-5-15(12-14)24-17(20)13-3-1-6-16(11-13)25(21,22)19-7-9-23-10-8-19/h1-6,11-12H,7-10H2. The molecule has 1 fully saturated rings. The molecule has 0 saturated carbocycles. The van der Waals surface area contributed by atoms with Gasteiger partial charge in [0.25, 0.3) is 0 Å². The van der Waals surface area contributed by atoms with Gasteiger partial charge in [0, 0.05) is 19.2 Å². The fourth-order valence-electron chi connectivity index (χ4n) is 2.42. The van der Waals surface area contributed by atoms with Crippen molar-refractivity contribution >= 4 is 16.0 Å². The lowest BCUT2D eigenvalue weighted by Gasteiger charge is -2.26. The molecule has 2 aromatic rings. The van der Waals surface area contributed by atoms with E-state index in [9.17, 15) is 17.6 Å². The van der Waals surface area contributed by atoms with E-state index in [0.717, 1.165) is 6.07 Å². The Labute approximate surface area is 144 Å². The van der Waals surface area contributed by atoms with Crippen molar-refractivity contribution in [2.75, 3.05) is 26.3 Å². The molecule has 0 bridgehead atoms. The van der Waals surface area contributed by atoms with Crippen molar-refractivity contribution in [1.29, 1.82) is 0 Å². The van der Waals surface area contributed by atoms with E-state index in [-0.39, 0.29) is 29.3 Å². The molecule has 132 valence electrons. The van der Waals surface area contributed by atoms with Gasteiger partial charge in [-0.25, -0.2) is 17.6 Å². The van der Waals surface area contributed by atoms with Crippen molar-refractivity contribution in [1.82, 2.24) is 4.31 Å². The Kier molecular flexibility index (Phi) is 5.12. The fraction of sp³-hybridized carbons (Fsp3) is 0.235. The predicted octanol–water partition coefficient (Wildman–Crippen LogP) is 2.07. The maximum atomic E-state index is 13.2. The van der Waals surface area contributed by atoms with Crippen LogP contribution in [0.4, 0.5) is 4.39 Å². The van der Waals surface area contributed by atoms with Crippen LogP contribution in [0.3, 0.4) is 0 Å². The van der Waals surface area contributed by atoms with Gasteiger partial charge in [-0.1, -0.05) is 12.1 Å². The number of sulfonamides is 1. The lowest BCUT2D eigenvalue weighted by molar-refractivity contribution is 0.0727. The molecule has 2 aromatic carbocycles. The van der Waals surface area contributed by atoms with Crippen LogP contribution >= 0.6 is 0 Å². The Morgan fingerprint density at radius 3 is 2.52 bits per heavy atom. The molecule has 0 radical (unpaired) electrons. The highest BCUT2D eigenvalue weighted by Gasteiger charge is 2.27. The summed E-state index contributed by atoms with van der Waals surface area (Å²) in [5, 5.41) is 0. The Bertz CT molecular complexity index is 878. The number of nitrogens with zero attached hydrogens (tertiary/aromatic N) is 1. The monoisotopic (exact) mass is 365 g/mol. The molecule has 3 rings (SSSR count). The average molecular weight is 365 g/mol. The van der Waals surface area contributed by atoms with Crippen molar-refractivity contribution in [3.05, 3.63) is 59.9 Å². The van der Waals surface area contributed by atoms with Crippen molar-refractivity contribution < 1.29 is 27.1 Å². The minimum absolute atomic E-state index is 0.00286. The molecular weight excluding hydrogens is 349 g/mol. The van der Waals surface area contributed by atoms with Crippen LogP contribution < -0.4 is 4.74 Å². The summed E-state index contributed by atoms with van der Waals surface area (Å²) >= 11 is 0. The summed E-state index contributed by atoms with van der Waals surface area (Å²) < 4.78 is 50.0. The Morgan fingerprint density at radius 1 is 1.08 bits per heavy atom. The van der Waals surface area contributed by atoms with E-state index in [1.165, 1.54) is 46.8 Å². The van der Waals surface area contributed by atoms with Gasteiger partial charge in [0.1, 0.15) is 11.6 Å². The first-order valence-corrected chi connectivity index (χ1v) is 9.06. The summed E-state index contributed by atoms with van der Waals surface area (Å²) in [5.41, 5.74) is 0.0681. The van der Waals surface area contributed by atoms with Crippen LogP contribution in [-0.2, 0) is 14.8 Å². The number of morpholine rings is 1. The molecular formula is C17H16FNO5S. The molecule has 0 aliphatic carbocycles. The third-order valence-corrected chi connectivity index (χ3v) is 5.58. The third kappa shape index (κ3) is 4.04. The van der Waals surface area contributed by atoms with E-state index < -0.39 is 21.8 Å². The van der Waals surface area contributed by atoms with Gasteiger partial charge in [-0.05, 0) is 30.3 Å². The van der Waals surface area contributed by atoms with Gasteiger partial charge in [0.05, 0.1) is 23.7 Å². The molecule has 8 heteroatoms. The van der Waals surface area contributed by atoms with Gasteiger partial charge in [-0.2, -0.15) is 4.31 Å². The number of hydrogen-bond acceptors (Lipinski definition) is 5. The highest BCUT2D eigenvalue weighted by molar-refractivity contribution is 7.89. The number of halogens is 1. The maximum absolute atomic E-state index is 13.2. The van der Waals surface area contributed by atoms with Crippen molar-refractivity contribution in [2.24, 2.45) is 0 Å². The predicted molar refractivity (Wildman–Crippen MR) is 87.4 cm³/mol. The lowest BCUT2D eigenvalue weighted by Crippen LogP contribution is -2.40. The number of esters is 1. The minimum Gasteiger partial charge on any atom is -0.423 e. The normalized spacial score (nSPS) is 15.7. The van der Waals surface area contributed by atoms with E-state index in [2.05, 4.69) is 0 Å². The second kappa shape index (κ2) is 7.30. The number of rotatable bonds is 4. The van der Waals surface area contributed by atoms with Crippen molar-refractivity contribution in [3.63, 3.8) is 0 Å². The van der Waals surface area contributed by atoms with Gasteiger partial charge >= 0.3 is 5.97 Å². The zero-order chi connectivity index (χ0) is 17.9. The summed E-state index contributed by atoms with van der Waals surface area (Å²) in [5.74, 6) is -1.25. The molecule has 6 nitrogen and oxygen atoms in total. The Morgan fingerprint density at radius 2 is 1.80 bits per heavy atom. The molecule has 1 saturated heterocycles. The summed E-state index contributed by atoms with van der Waals surface area (Å²) in [6.45, 7) is 1.20. The Balaban J connectivity index is 1.82. The molecule has 1 aliphatic rings. The van der Waals surface area contributed by atoms with Crippen LogP contribution in [0.5, 0.6) is 5.75 Å². The van der Waals surface area contributed by atoms with Crippen molar-refractivity contribution in [2.45, 2.75) is 4.90 Å². The van der Waals surface area contributed by atoms with Crippen LogP contribution in [0.1, 0.15) is 10.4 Å². The second-order valence-corrected chi connectivity index (χ2v) is 7.33. The molecule has 1 heterocycles. The van der Waals surface area contributed by atoms with Gasteiger partial charge < -0.3 is 9.47 Å². The van der Waals surface area contributed by atoms with E-state index in [0.29, 0.717) is 13.2 Å². The van der Waals surface area contributed by atoms with Crippen LogP contribution in [0.2, 0.25) is 0 Å². The summed E-state index contributed by atoms with van der Waals surface area (Å²) in [6.07, 6.45) is 0. The smallest absolute Gasteiger partial charge is 0.343 e. The molecule has 0 spiro atoms. The number of carbonyl (C=O) groups is 1. The van der Waals surface area contributed by atoms with E-state index >= 15 is 0 Å². The number of carbonyl (C=O) groups excluding carboxylic acids is 1. The highest BCUT2D eigenvalue weighted by atomic mass is 32.2. The molecule has 0 unspecified atom stereocenters.